The molecule has 0 unspecified atom stereocenters. The Hall–Kier alpha value is -9.87. The van der Waals surface area contributed by atoms with Crippen molar-refractivity contribution in [2.45, 2.75) is 104 Å². The van der Waals surface area contributed by atoms with E-state index in [1.165, 1.54) is 106 Å². The van der Waals surface area contributed by atoms with E-state index in [0.717, 1.165) is 89.5 Å². The number of aromatic nitrogens is 5. The summed E-state index contributed by atoms with van der Waals surface area (Å²) in [4.78, 5) is 54.3. The first-order valence-corrected chi connectivity index (χ1v) is 37.1. The molecule has 5 radical (unpaired) electrons. The Morgan fingerprint density at radius 1 is 0.342 bits per heavy atom. The van der Waals surface area contributed by atoms with Crippen LogP contribution in [0.5, 0.6) is 0 Å². The number of benzene rings is 10. The first-order chi connectivity index (χ1) is 53.7. The van der Waals surface area contributed by atoms with Gasteiger partial charge in [-0.05, 0) is 151 Å². The molecule has 0 aliphatic heterocycles. The molecule has 10 aromatic carbocycles. The maximum absolute atomic E-state index is 11.0. The van der Waals surface area contributed by atoms with E-state index >= 15 is 0 Å². The number of ketones is 3. The predicted octanol–water partition coefficient (Wildman–Crippen LogP) is 25.0. The van der Waals surface area contributed by atoms with Crippen LogP contribution in [0, 0.1) is 90.6 Å². The van der Waals surface area contributed by atoms with Crippen LogP contribution in [0.3, 0.4) is 0 Å². The van der Waals surface area contributed by atoms with Gasteiger partial charge in [-0.15, -0.1) is 177 Å². The van der Waals surface area contributed by atoms with Crippen LogP contribution in [0.15, 0.2) is 296 Å². The minimum absolute atomic E-state index is 0. The zero-order chi connectivity index (χ0) is 80.8. The van der Waals surface area contributed by atoms with E-state index in [2.05, 4.69) is 210 Å². The summed E-state index contributed by atoms with van der Waals surface area (Å²) >= 11 is 0. The van der Waals surface area contributed by atoms with Gasteiger partial charge in [0.25, 0.3) is 0 Å². The maximum Gasteiger partial charge on any atom is 0.161 e. The number of carbonyl (C=O) groups excluding carboxylic acids is 3. The number of fused-ring (bicyclic) bond motifs is 5. The van der Waals surface area contributed by atoms with Crippen molar-refractivity contribution in [2.75, 3.05) is 0 Å². The van der Waals surface area contributed by atoms with Crippen molar-refractivity contribution in [1.29, 1.82) is 0 Å². The topological polar surface area (TPSA) is 176 Å². The summed E-state index contributed by atoms with van der Waals surface area (Å²) in [5.41, 5.74) is 22.8. The van der Waals surface area contributed by atoms with Crippen LogP contribution < -0.4 is 0 Å². The number of carbonyl (C=O) groups is 3. The van der Waals surface area contributed by atoms with Gasteiger partial charge in [0.2, 0.25) is 0 Å². The molecule has 0 saturated heterocycles. The molecular weight excluding hydrogens is 2340 g/mol. The van der Waals surface area contributed by atoms with Crippen LogP contribution in [-0.4, -0.2) is 57.6 Å². The molecule has 0 fully saturated rings. The monoisotopic (exact) mass is 2440 g/mol. The fraction of sp³-hybridized carbons (Fsp3) is 0.168. The van der Waals surface area contributed by atoms with Crippen LogP contribution in [0.4, 0.5) is 0 Å². The van der Waals surface area contributed by atoms with E-state index < -0.39 is 0 Å². The van der Waals surface area contributed by atoms with Gasteiger partial charge in [-0.3, -0.25) is 34.3 Å². The van der Waals surface area contributed by atoms with E-state index in [1.54, 1.807) is 0 Å². The molecule has 0 spiro atoms. The quantitative estimate of drug-likeness (QED) is 0.0675. The van der Waals surface area contributed by atoms with Crippen molar-refractivity contribution in [3.63, 3.8) is 0 Å². The summed E-state index contributed by atoms with van der Waals surface area (Å²) in [6.07, 6.45) is 5.49. The molecule has 15 aromatic rings. The average molecular weight is 2440 g/mol. The van der Waals surface area contributed by atoms with Crippen molar-refractivity contribution >= 4 is 71.7 Å². The molecule has 117 heavy (non-hydrogen) atoms. The Balaban J connectivity index is 0.000000350. The van der Waals surface area contributed by atoms with Gasteiger partial charge < -0.3 is 20.3 Å². The fourth-order valence-corrected chi connectivity index (χ4v) is 11.6. The van der Waals surface area contributed by atoms with Gasteiger partial charge in [-0.25, -0.2) is 0 Å². The molecule has 611 valence electrons. The third kappa shape index (κ3) is 33.2. The molecule has 3 N–H and O–H groups in total. The number of hydrogen-bond acceptors (Lipinski definition) is 11. The zero-order valence-electron chi connectivity index (χ0n) is 68.2. The molecule has 16 heteroatoms. The van der Waals surface area contributed by atoms with Gasteiger partial charge in [0, 0.05) is 137 Å². The normalized spacial score (nSPS) is 10.5. The average Bonchev–Trinajstić information content (AvgIpc) is 0.817. The van der Waals surface area contributed by atoms with Crippen LogP contribution in [0.2, 0.25) is 0 Å². The summed E-state index contributed by atoms with van der Waals surface area (Å²) < 4.78 is 0. The SMILES string of the molecule is CC(=O)C=C(C)O.CC(=O)C=C(C)O.CC(C)C(=O)C=C(O)C(C)C.Cc1[c-]c(-c2ccc3ccc(C)cc3n2)cc(C)c1.Cc1[c-]c(-c2ccc3ccccc3n2)cc(C)c1.Cc1cc2ccccc2nc1-c1[c-]cccc1.Cc1ccc2ccc(-c3[c-]cccc3)nc2c1.[Ir].[Ir].[Ir].[Ir].[Ir].[c-]1ccccc1-c1nccc2ccccc12. The van der Waals surface area contributed by atoms with E-state index in [4.69, 9.17) is 25.2 Å². The number of aliphatic hydroxyl groups is 3. The van der Waals surface area contributed by atoms with E-state index in [-0.39, 0.29) is 147 Å². The summed E-state index contributed by atoms with van der Waals surface area (Å²) in [6, 6.07) is 103. The predicted molar refractivity (Wildman–Crippen MR) is 463 cm³/mol. The van der Waals surface area contributed by atoms with Crippen molar-refractivity contribution in [1.82, 2.24) is 24.9 Å². The smallest absolute Gasteiger partial charge is 0.161 e. The molecule has 0 aliphatic carbocycles. The van der Waals surface area contributed by atoms with E-state index in [0.29, 0.717) is 0 Å². The Bertz CT molecular complexity index is 5720. The Morgan fingerprint density at radius 3 is 1.15 bits per heavy atom. The van der Waals surface area contributed by atoms with Crippen molar-refractivity contribution in [2.24, 2.45) is 11.8 Å². The second kappa shape index (κ2) is 51.4. The molecule has 5 aromatic heterocycles. The second-order valence-electron chi connectivity index (χ2n) is 27.8. The van der Waals surface area contributed by atoms with Gasteiger partial charge in [-0.1, -0.05) is 188 Å². The molecule has 0 saturated carbocycles. The van der Waals surface area contributed by atoms with Crippen molar-refractivity contribution in [3.8, 4) is 56.3 Å². The fourth-order valence-electron chi connectivity index (χ4n) is 11.6. The summed E-state index contributed by atoms with van der Waals surface area (Å²) in [6.45, 7) is 27.6. The van der Waals surface area contributed by atoms with Gasteiger partial charge >= 0.3 is 0 Å². The minimum Gasteiger partial charge on any atom is -0.512 e. The first kappa shape index (κ1) is 101. The van der Waals surface area contributed by atoms with Crippen LogP contribution in [-0.2, 0) is 115 Å². The van der Waals surface area contributed by atoms with Crippen molar-refractivity contribution < 1.29 is 130 Å². The third-order valence-corrected chi connectivity index (χ3v) is 16.9. The molecular formula is C101H96Ir5N5O6-5. The van der Waals surface area contributed by atoms with Crippen LogP contribution >= 0.6 is 0 Å². The third-order valence-electron chi connectivity index (χ3n) is 16.9. The molecule has 0 bridgehead atoms. The number of pyridine rings is 5. The number of aliphatic hydroxyl groups excluding tert-OH is 3. The Kier molecular flexibility index (Phi) is 44.5. The summed E-state index contributed by atoms with van der Waals surface area (Å²) in [7, 11) is 0. The van der Waals surface area contributed by atoms with Gasteiger partial charge in [-0.2, -0.15) is 0 Å². The van der Waals surface area contributed by atoms with E-state index in [9.17, 15) is 19.5 Å². The number of rotatable bonds is 10. The number of allylic oxidation sites excluding steroid dienone is 6. The van der Waals surface area contributed by atoms with Crippen molar-refractivity contribution in [3.05, 3.63) is 366 Å². The van der Waals surface area contributed by atoms with Crippen LogP contribution in [0.25, 0.3) is 111 Å². The molecule has 5 heterocycles. The van der Waals surface area contributed by atoms with E-state index in [1.807, 2.05) is 167 Å². The number of nitrogens with zero attached hydrogens (tertiary/aromatic N) is 5. The Labute approximate surface area is 757 Å². The maximum atomic E-state index is 11.0. The zero-order valence-corrected chi connectivity index (χ0v) is 80.2. The van der Waals surface area contributed by atoms with Gasteiger partial charge in [0.1, 0.15) is 0 Å². The molecule has 0 atom stereocenters. The summed E-state index contributed by atoms with van der Waals surface area (Å²) in [5, 5.41) is 33.0. The molecule has 11 nitrogen and oxygen atoms in total. The number of para-hydroxylation sites is 2. The number of aryl methyl sites for hydroxylation is 7. The molecule has 15 rings (SSSR count). The second-order valence-corrected chi connectivity index (χ2v) is 27.8. The Morgan fingerprint density at radius 2 is 0.726 bits per heavy atom. The minimum atomic E-state index is -0.125. The summed E-state index contributed by atoms with van der Waals surface area (Å²) in [5.74, 6) is 0.0356. The van der Waals surface area contributed by atoms with Crippen LogP contribution in [0.1, 0.15) is 94.3 Å². The molecule has 0 aliphatic rings. The van der Waals surface area contributed by atoms with Gasteiger partial charge in [0.15, 0.2) is 17.3 Å². The first-order valence-electron chi connectivity index (χ1n) is 37.1. The van der Waals surface area contributed by atoms with Gasteiger partial charge in [0.05, 0.1) is 39.3 Å². The standard InChI is InChI=1S/C18H16N.C17H14N.2C16H12N.C15H10N.C9H16O2.2C5H8O2.5Ir/c1-12-4-5-15-6-7-17(19-18(15)11-12)16-9-13(2)8-14(3)10-16;1-12-9-13(2)11-15(10-12)17-8-7-14-5-3-4-6-16(14)18-17;1-12-11-14-9-5-6-10-15(14)17-16(12)13-7-3-2-4-8-13;1-12-7-8-14-9-10-15(17-16(14)11-12)13-5-3-2-4-6-13;1-2-7-13(8-3-1)15-14-9-5-4-6-12(14)10-11-16-15;1-6(2)8(10)5-9(11)7(3)4;2*1-4(6)3-5(2)7;;;;;/h4-9,11H,1-3H3;3-10H,1-2H3;2-7,9-11H,1H3;2-5,7-11H,1H3;1-7,9-11H;5-7,10H,1-4H3;2*3,6H,1-2H3;;;;;/q5*-1;;;;;;;;. The number of hydrogen-bond donors (Lipinski definition) is 3. The molecule has 0 amide bonds. The largest absolute Gasteiger partial charge is 0.512 e.